The summed E-state index contributed by atoms with van der Waals surface area (Å²) in [7, 11) is -3.95. The van der Waals surface area contributed by atoms with Gasteiger partial charge in [-0.1, -0.05) is 6.07 Å². The van der Waals surface area contributed by atoms with Gasteiger partial charge >= 0.3 is 0 Å². The minimum absolute atomic E-state index is 0.0260. The first kappa shape index (κ1) is 31.2. The van der Waals surface area contributed by atoms with Crippen LogP contribution in [0.2, 0.25) is 0 Å². The van der Waals surface area contributed by atoms with Crippen LogP contribution in [0.3, 0.4) is 0 Å². The van der Waals surface area contributed by atoms with Crippen molar-refractivity contribution in [2.24, 2.45) is 5.14 Å². The van der Waals surface area contributed by atoms with Crippen molar-refractivity contribution in [3.8, 4) is 6.07 Å². The lowest BCUT2D eigenvalue weighted by atomic mass is 9.94. The number of hydrogen-bond acceptors (Lipinski definition) is 8. The zero-order valence-corrected chi connectivity index (χ0v) is 26.3. The summed E-state index contributed by atoms with van der Waals surface area (Å²) in [4.78, 5) is 24.2. The summed E-state index contributed by atoms with van der Waals surface area (Å²) in [6.07, 6.45) is 3.19. The number of nitrogens with two attached hydrogens (primary N) is 1. The number of pyridine rings is 1. The number of piperidine rings is 1. The highest BCUT2D eigenvalue weighted by Gasteiger charge is 2.33. The van der Waals surface area contributed by atoms with Crippen LogP contribution in [0.4, 0.5) is 21.6 Å². The molecule has 0 unspecified atom stereocenters. The van der Waals surface area contributed by atoms with E-state index >= 15 is 0 Å². The second-order valence-corrected chi connectivity index (χ2v) is 13.3. The molecule has 1 atom stereocenters. The van der Waals surface area contributed by atoms with Crippen LogP contribution in [0, 0.1) is 37.9 Å². The first-order valence-electron chi connectivity index (χ1n) is 14.7. The third kappa shape index (κ3) is 6.21. The van der Waals surface area contributed by atoms with Crippen molar-refractivity contribution in [2.45, 2.75) is 57.5 Å². The Bertz CT molecular complexity index is 1730. The number of amides is 1. The Morgan fingerprint density at radius 1 is 1.07 bits per heavy atom. The molecule has 10 nitrogen and oxygen atoms in total. The van der Waals surface area contributed by atoms with Gasteiger partial charge in [-0.2, -0.15) is 5.26 Å². The van der Waals surface area contributed by atoms with Gasteiger partial charge in [0.1, 0.15) is 22.6 Å². The van der Waals surface area contributed by atoms with Crippen molar-refractivity contribution < 1.29 is 17.6 Å². The smallest absolute Gasteiger partial charge is 0.254 e. The molecule has 2 saturated heterocycles. The Kier molecular flexibility index (Phi) is 8.81. The van der Waals surface area contributed by atoms with E-state index in [4.69, 9.17) is 5.14 Å². The number of benzene rings is 2. The van der Waals surface area contributed by atoms with Gasteiger partial charge in [0.15, 0.2) is 0 Å². The summed E-state index contributed by atoms with van der Waals surface area (Å²) in [5.74, 6) is -0.173. The maximum absolute atomic E-state index is 14.0. The molecule has 0 spiro atoms. The minimum atomic E-state index is -3.95. The van der Waals surface area contributed by atoms with E-state index in [9.17, 15) is 22.9 Å². The molecule has 2 aliphatic rings. The van der Waals surface area contributed by atoms with Crippen molar-refractivity contribution in [1.29, 1.82) is 5.26 Å². The first-order valence-corrected chi connectivity index (χ1v) is 16.3. The summed E-state index contributed by atoms with van der Waals surface area (Å²) >= 11 is 0. The number of primary sulfonamides is 1. The molecule has 12 heteroatoms. The number of aromatic nitrogens is 1. The lowest BCUT2D eigenvalue weighted by Gasteiger charge is -2.41. The van der Waals surface area contributed by atoms with Crippen molar-refractivity contribution >= 4 is 33.1 Å². The van der Waals surface area contributed by atoms with Gasteiger partial charge in [0.2, 0.25) is 10.0 Å². The predicted molar refractivity (Wildman–Crippen MR) is 169 cm³/mol. The molecule has 44 heavy (non-hydrogen) atoms. The van der Waals surface area contributed by atoms with Crippen LogP contribution >= 0.6 is 0 Å². The summed E-state index contributed by atoms with van der Waals surface area (Å²) in [5, 5.41) is 18.6. The molecular weight excluding hydrogens is 581 g/mol. The normalized spacial score (nSPS) is 17.8. The highest BCUT2D eigenvalue weighted by atomic mass is 32.2. The Labute approximate surface area is 258 Å². The number of nitrogens with zero attached hydrogens (tertiary/aromatic N) is 5. The van der Waals surface area contributed by atoms with E-state index in [-0.39, 0.29) is 22.9 Å². The quantitative estimate of drug-likeness (QED) is 0.421. The van der Waals surface area contributed by atoms with Gasteiger partial charge in [-0.25, -0.2) is 22.9 Å². The highest BCUT2D eigenvalue weighted by molar-refractivity contribution is 7.89. The summed E-state index contributed by atoms with van der Waals surface area (Å²) < 4.78 is 37.9. The highest BCUT2D eigenvalue weighted by Crippen LogP contribution is 2.32. The summed E-state index contributed by atoms with van der Waals surface area (Å²) in [5.41, 5.74) is 5.58. The average Bonchev–Trinajstić information content (AvgIpc) is 2.99. The Balaban J connectivity index is 1.30. The number of aryl methyl sites for hydroxylation is 2. The number of carbonyl (C=O) groups is 1. The van der Waals surface area contributed by atoms with E-state index < -0.39 is 15.8 Å². The number of nitriles is 1. The molecular formula is C32H38FN7O3S. The third-order valence-electron chi connectivity index (χ3n) is 8.69. The van der Waals surface area contributed by atoms with Gasteiger partial charge in [0.05, 0.1) is 11.3 Å². The molecule has 2 aliphatic heterocycles. The molecule has 1 amide bonds. The number of carbonyl (C=O) groups excluding carboxylic acids is 1. The summed E-state index contributed by atoms with van der Waals surface area (Å²) in [6.45, 7) is 10.6. The van der Waals surface area contributed by atoms with E-state index in [0.29, 0.717) is 36.6 Å². The number of nitrogens with one attached hydrogen (secondary N) is 1. The largest absolute Gasteiger partial charge is 0.382 e. The van der Waals surface area contributed by atoms with Gasteiger partial charge in [-0.15, -0.1) is 0 Å². The van der Waals surface area contributed by atoms with Crippen LogP contribution in [0.25, 0.3) is 0 Å². The van der Waals surface area contributed by atoms with E-state index in [2.05, 4.69) is 21.3 Å². The van der Waals surface area contributed by atoms with Gasteiger partial charge in [-0.3, -0.25) is 4.79 Å². The van der Waals surface area contributed by atoms with Crippen LogP contribution in [-0.2, 0) is 10.0 Å². The standard InChI is InChI=1S/C32H38FN7O3S/c1-20-16-21(2)30(37-26-9-12-38(13-10-26)27-8-7-25(33)17-24(27)18-34)23(4)29(20)32(41)40-15-14-39(19-22(40)3)31-28(44(35,42)43)6-5-11-36-31/h5-8,11,16-17,22,26,37H,9-10,12-15,19H2,1-4H3,(H2,35,42,43)/t22-/m0/s1. The van der Waals surface area contributed by atoms with Crippen molar-refractivity contribution in [1.82, 2.24) is 9.88 Å². The number of hydrogen-bond donors (Lipinski definition) is 2. The zero-order valence-electron chi connectivity index (χ0n) is 25.5. The molecule has 232 valence electrons. The van der Waals surface area contributed by atoms with E-state index in [1.807, 2.05) is 43.6 Å². The maximum Gasteiger partial charge on any atom is 0.254 e. The van der Waals surface area contributed by atoms with Crippen LogP contribution in [0.1, 0.15) is 52.4 Å². The molecule has 2 fully saturated rings. The Hall–Kier alpha value is -4.21. The molecule has 5 rings (SSSR count). The average molecular weight is 620 g/mol. The van der Waals surface area contributed by atoms with Crippen molar-refractivity contribution in [3.05, 3.63) is 76.2 Å². The summed E-state index contributed by atoms with van der Waals surface area (Å²) in [6, 6.07) is 11.4. The fourth-order valence-electron chi connectivity index (χ4n) is 6.52. The molecule has 2 aromatic carbocycles. The molecule has 0 aliphatic carbocycles. The van der Waals surface area contributed by atoms with E-state index in [1.165, 1.54) is 24.4 Å². The topological polar surface area (TPSA) is 136 Å². The second-order valence-electron chi connectivity index (χ2n) is 11.7. The van der Waals surface area contributed by atoms with Crippen LogP contribution in [-0.4, -0.2) is 69.0 Å². The van der Waals surface area contributed by atoms with E-state index in [1.54, 1.807) is 12.1 Å². The number of halogens is 1. The van der Waals surface area contributed by atoms with Crippen LogP contribution in [0.15, 0.2) is 47.5 Å². The fourth-order valence-corrected chi connectivity index (χ4v) is 7.22. The third-order valence-corrected chi connectivity index (χ3v) is 9.63. The lowest BCUT2D eigenvalue weighted by Crippen LogP contribution is -2.54. The molecule has 0 saturated carbocycles. The molecule has 3 heterocycles. The number of anilines is 3. The van der Waals surface area contributed by atoms with Gasteiger partial charge in [-0.05, 0) is 87.6 Å². The van der Waals surface area contributed by atoms with Gasteiger partial charge in [0.25, 0.3) is 5.91 Å². The Morgan fingerprint density at radius 3 is 2.45 bits per heavy atom. The monoisotopic (exact) mass is 619 g/mol. The first-order chi connectivity index (χ1) is 20.9. The second kappa shape index (κ2) is 12.4. The lowest BCUT2D eigenvalue weighted by molar-refractivity contribution is 0.0672. The predicted octanol–water partition coefficient (Wildman–Crippen LogP) is 4.10. The number of piperazine rings is 1. The molecule has 3 aromatic rings. The molecule has 1 aromatic heterocycles. The molecule has 3 N–H and O–H groups in total. The zero-order chi connectivity index (χ0) is 31.8. The SMILES string of the molecule is Cc1cc(C)c(C(=O)N2CCN(c3ncccc3S(N)(=O)=O)C[C@@H]2C)c(C)c1NC1CCN(c2ccc(F)cc2C#N)CC1. The van der Waals surface area contributed by atoms with Crippen molar-refractivity contribution in [2.75, 3.05) is 47.8 Å². The molecule has 0 bridgehead atoms. The van der Waals surface area contributed by atoms with Gasteiger partial charge in [0, 0.05) is 62.3 Å². The van der Waals surface area contributed by atoms with Crippen LogP contribution < -0.4 is 20.3 Å². The van der Waals surface area contributed by atoms with Crippen LogP contribution in [0.5, 0.6) is 0 Å². The fraction of sp³-hybridized carbons (Fsp3) is 0.406. The van der Waals surface area contributed by atoms with Gasteiger partial charge < -0.3 is 20.0 Å². The van der Waals surface area contributed by atoms with Crippen molar-refractivity contribution in [3.63, 3.8) is 0 Å². The number of rotatable bonds is 6. The maximum atomic E-state index is 14.0. The minimum Gasteiger partial charge on any atom is -0.382 e. The Morgan fingerprint density at radius 2 is 1.80 bits per heavy atom. The molecule has 0 radical (unpaired) electrons. The van der Waals surface area contributed by atoms with E-state index in [0.717, 1.165) is 54.0 Å². The number of sulfonamides is 1.